The molecule has 0 unspecified atom stereocenters. The standard InChI is InChI=1S/C15H25N3O3.HI/c1-5-21-9-8-17-15(16-2)18-11-12-6-7-13(19-3)10-14(12)20-4;/h6-7,10H,5,8-9,11H2,1-4H3,(H2,16,17,18);1H. The van der Waals surface area contributed by atoms with E-state index in [1.807, 2.05) is 25.1 Å². The van der Waals surface area contributed by atoms with Gasteiger partial charge in [0.1, 0.15) is 11.5 Å². The van der Waals surface area contributed by atoms with Gasteiger partial charge in [-0.3, -0.25) is 4.99 Å². The van der Waals surface area contributed by atoms with Crippen LogP contribution in [0.4, 0.5) is 0 Å². The number of nitrogens with one attached hydrogen (secondary N) is 2. The van der Waals surface area contributed by atoms with Gasteiger partial charge in [0.15, 0.2) is 5.96 Å². The molecule has 22 heavy (non-hydrogen) atoms. The number of hydrogen-bond donors (Lipinski definition) is 2. The lowest BCUT2D eigenvalue weighted by Gasteiger charge is -2.14. The average Bonchev–Trinajstić information content (AvgIpc) is 2.54. The lowest BCUT2D eigenvalue weighted by atomic mass is 10.2. The van der Waals surface area contributed by atoms with Crippen molar-refractivity contribution in [3.63, 3.8) is 0 Å². The van der Waals surface area contributed by atoms with Crippen LogP contribution in [0.3, 0.4) is 0 Å². The Hall–Kier alpha value is -1.22. The van der Waals surface area contributed by atoms with Crippen LogP contribution in [0, 0.1) is 0 Å². The number of nitrogens with zero attached hydrogens (tertiary/aromatic N) is 1. The highest BCUT2D eigenvalue weighted by molar-refractivity contribution is 14.0. The van der Waals surface area contributed by atoms with Crippen molar-refractivity contribution in [3.05, 3.63) is 23.8 Å². The Morgan fingerprint density at radius 3 is 2.55 bits per heavy atom. The predicted octanol–water partition coefficient (Wildman–Crippen LogP) is 2.02. The van der Waals surface area contributed by atoms with Crippen molar-refractivity contribution in [2.75, 3.05) is 41.0 Å². The lowest BCUT2D eigenvalue weighted by Crippen LogP contribution is -2.38. The maximum absolute atomic E-state index is 5.37. The summed E-state index contributed by atoms with van der Waals surface area (Å²) in [5, 5.41) is 6.42. The fourth-order valence-corrected chi connectivity index (χ4v) is 1.78. The fourth-order valence-electron chi connectivity index (χ4n) is 1.78. The Balaban J connectivity index is 0.00000441. The van der Waals surface area contributed by atoms with Crippen LogP contribution in [-0.4, -0.2) is 47.0 Å². The van der Waals surface area contributed by atoms with E-state index < -0.39 is 0 Å². The van der Waals surface area contributed by atoms with Gasteiger partial charge in [-0.1, -0.05) is 0 Å². The molecule has 0 amide bonds. The van der Waals surface area contributed by atoms with Crippen LogP contribution in [0.15, 0.2) is 23.2 Å². The summed E-state index contributed by atoms with van der Waals surface area (Å²) in [6.45, 7) is 4.68. The van der Waals surface area contributed by atoms with Crippen LogP contribution >= 0.6 is 24.0 Å². The molecular formula is C15H26IN3O3. The second-order valence-electron chi connectivity index (χ2n) is 4.23. The van der Waals surface area contributed by atoms with E-state index in [0.717, 1.165) is 29.6 Å². The first-order valence-electron chi connectivity index (χ1n) is 6.98. The van der Waals surface area contributed by atoms with Crippen molar-refractivity contribution >= 4 is 29.9 Å². The number of halogens is 1. The Morgan fingerprint density at radius 2 is 1.95 bits per heavy atom. The van der Waals surface area contributed by atoms with Gasteiger partial charge >= 0.3 is 0 Å². The summed E-state index contributed by atoms with van der Waals surface area (Å²) in [5.41, 5.74) is 1.03. The van der Waals surface area contributed by atoms with E-state index in [9.17, 15) is 0 Å². The second-order valence-corrected chi connectivity index (χ2v) is 4.23. The first-order valence-corrected chi connectivity index (χ1v) is 6.98. The van der Waals surface area contributed by atoms with Crippen molar-refractivity contribution in [3.8, 4) is 11.5 Å². The van der Waals surface area contributed by atoms with E-state index in [2.05, 4.69) is 15.6 Å². The third kappa shape index (κ3) is 7.17. The monoisotopic (exact) mass is 423 g/mol. The molecule has 126 valence electrons. The highest BCUT2D eigenvalue weighted by Crippen LogP contribution is 2.24. The molecule has 0 atom stereocenters. The number of aliphatic imine (C=N–C) groups is 1. The average molecular weight is 423 g/mol. The third-order valence-electron chi connectivity index (χ3n) is 2.91. The number of hydrogen-bond acceptors (Lipinski definition) is 4. The van der Waals surface area contributed by atoms with Crippen LogP contribution in [-0.2, 0) is 11.3 Å². The molecule has 1 rings (SSSR count). The van der Waals surface area contributed by atoms with Gasteiger partial charge in [0, 0.05) is 38.4 Å². The van der Waals surface area contributed by atoms with Crippen molar-refractivity contribution in [1.29, 1.82) is 0 Å². The molecule has 1 aromatic carbocycles. The minimum Gasteiger partial charge on any atom is -0.497 e. The number of benzene rings is 1. The molecule has 0 aromatic heterocycles. The molecule has 0 aliphatic rings. The Morgan fingerprint density at radius 1 is 1.18 bits per heavy atom. The smallest absolute Gasteiger partial charge is 0.191 e. The van der Waals surface area contributed by atoms with Gasteiger partial charge in [-0.15, -0.1) is 24.0 Å². The molecule has 1 aromatic rings. The maximum atomic E-state index is 5.37. The number of ether oxygens (including phenoxy) is 3. The van der Waals surface area contributed by atoms with Crippen LogP contribution in [0.1, 0.15) is 12.5 Å². The molecule has 0 fully saturated rings. The van der Waals surface area contributed by atoms with Gasteiger partial charge in [0.2, 0.25) is 0 Å². The zero-order valence-corrected chi connectivity index (χ0v) is 16.0. The lowest BCUT2D eigenvalue weighted by molar-refractivity contribution is 0.152. The Bertz CT molecular complexity index is 456. The van der Waals surface area contributed by atoms with Crippen LogP contribution in [0.5, 0.6) is 11.5 Å². The molecule has 0 radical (unpaired) electrons. The molecule has 7 heteroatoms. The van der Waals surface area contributed by atoms with E-state index in [4.69, 9.17) is 14.2 Å². The number of rotatable bonds is 8. The molecule has 0 spiro atoms. The third-order valence-corrected chi connectivity index (χ3v) is 2.91. The first-order chi connectivity index (χ1) is 10.2. The van der Waals surface area contributed by atoms with Gasteiger partial charge in [-0.05, 0) is 19.1 Å². The van der Waals surface area contributed by atoms with Crippen LogP contribution in [0.25, 0.3) is 0 Å². The molecule has 0 bridgehead atoms. The van der Waals surface area contributed by atoms with E-state index in [1.54, 1.807) is 21.3 Å². The zero-order chi connectivity index (χ0) is 15.5. The van der Waals surface area contributed by atoms with Gasteiger partial charge in [-0.2, -0.15) is 0 Å². The van der Waals surface area contributed by atoms with Crippen molar-refractivity contribution in [1.82, 2.24) is 10.6 Å². The number of methoxy groups -OCH3 is 2. The Labute approximate surface area is 149 Å². The van der Waals surface area contributed by atoms with Crippen molar-refractivity contribution in [2.45, 2.75) is 13.5 Å². The first kappa shape index (κ1) is 20.8. The molecule has 6 nitrogen and oxygen atoms in total. The van der Waals surface area contributed by atoms with Gasteiger partial charge < -0.3 is 24.8 Å². The largest absolute Gasteiger partial charge is 0.497 e. The highest BCUT2D eigenvalue weighted by Gasteiger charge is 2.06. The molecule has 2 N–H and O–H groups in total. The maximum Gasteiger partial charge on any atom is 0.191 e. The normalized spacial score (nSPS) is 10.6. The van der Waals surface area contributed by atoms with E-state index in [1.165, 1.54) is 0 Å². The van der Waals surface area contributed by atoms with Crippen LogP contribution in [0.2, 0.25) is 0 Å². The van der Waals surface area contributed by atoms with Gasteiger partial charge in [-0.25, -0.2) is 0 Å². The predicted molar refractivity (Wildman–Crippen MR) is 99.7 cm³/mol. The Kier molecular flexibility index (Phi) is 11.7. The molecule has 0 saturated heterocycles. The van der Waals surface area contributed by atoms with E-state index in [0.29, 0.717) is 19.7 Å². The molecule has 0 aliphatic carbocycles. The summed E-state index contributed by atoms with van der Waals surface area (Å²) < 4.78 is 15.8. The fraction of sp³-hybridized carbons (Fsp3) is 0.533. The minimum atomic E-state index is 0. The summed E-state index contributed by atoms with van der Waals surface area (Å²) in [4.78, 5) is 4.16. The molecule has 0 aliphatic heterocycles. The summed E-state index contributed by atoms with van der Waals surface area (Å²) in [6, 6.07) is 5.74. The molecular weight excluding hydrogens is 397 g/mol. The molecule has 0 heterocycles. The zero-order valence-electron chi connectivity index (χ0n) is 13.6. The van der Waals surface area contributed by atoms with Crippen LogP contribution < -0.4 is 20.1 Å². The van der Waals surface area contributed by atoms with Gasteiger partial charge in [0.25, 0.3) is 0 Å². The minimum absolute atomic E-state index is 0. The second kappa shape index (κ2) is 12.3. The number of guanidine groups is 1. The van der Waals surface area contributed by atoms with E-state index >= 15 is 0 Å². The van der Waals surface area contributed by atoms with Crippen molar-refractivity contribution in [2.24, 2.45) is 4.99 Å². The van der Waals surface area contributed by atoms with E-state index in [-0.39, 0.29) is 24.0 Å². The highest BCUT2D eigenvalue weighted by atomic mass is 127. The molecule has 0 saturated carbocycles. The SMILES string of the molecule is CCOCCNC(=NC)NCc1ccc(OC)cc1OC.I. The summed E-state index contributed by atoms with van der Waals surface area (Å²) in [7, 11) is 5.02. The van der Waals surface area contributed by atoms with Gasteiger partial charge in [0.05, 0.1) is 20.8 Å². The topological polar surface area (TPSA) is 64.1 Å². The van der Waals surface area contributed by atoms with Crippen molar-refractivity contribution < 1.29 is 14.2 Å². The summed E-state index contributed by atoms with van der Waals surface area (Å²) in [6.07, 6.45) is 0. The quantitative estimate of drug-likeness (QED) is 0.290. The summed E-state index contributed by atoms with van der Waals surface area (Å²) >= 11 is 0. The summed E-state index contributed by atoms with van der Waals surface area (Å²) in [5.74, 6) is 2.29.